The Balaban J connectivity index is 2.46. The lowest BCUT2D eigenvalue weighted by atomic mass is 10.2. The maximum Gasteiger partial charge on any atom is 0.304 e. The molecule has 1 aromatic rings. The number of hydrogen-bond acceptors (Lipinski definition) is 4. The number of rotatable bonds is 3. The number of nitrogens with zero attached hydrogens (tertiary/aromatic N) is 1. The Hall–Kier alpha value is -1.61. The maximum atomic E-state index is 11.1. The largest absolute Gasteiger partial charge is 0.349 e. The molecule has 0 aliphatic heterocycles. The first-order valence-electron chi connectivity index (χ1n) is 3.97. The third-order valence-electron chi connectivity index (χ3n) is 1.61. The van der Waals surface area contributed by atoms with Gasteiger partial charge in [0.15, 0.2) is 0 Å². The lowest BCUT2D eigenvalue weighted by molar-refractivity contribution is -0.123. The molecule has 74 valence electrons. The lowest BCUT2D eigenvalue weighted by Gasteiger charge is -2.03. The minimum absolute atomic E-state index is 0.150. The number of hydrogen-bond donors (Lipinski definition) is 2. The van der Waals surface area contributed by atoms with Gasteiger partial charge in [-0.05, 0) is 6.92 Å². The van der Waals surface area contributed by atoms with E-state index in [2.05, 4.69) is 10.3 Å². The van der Waals surface area contributed by atoms with Gasteiger partial charge < -0.3 is 10.3 Å². The molecule has 2 N–H and O–H groups in total. The first kappa shape index (κ1) is 10.5. The van der Waals surface area contributed by atoms with Crippen LogP contribution in [0.2, 0.25) is 0 Å². The first-order valence-corrected chi connectivity index (χ1v) is 4.85. The zero-order chi connectivity index (χ0) is 10.6. The molecule has 1 heterocycles. The fraction of sp³-hybridized carbons (Fsp3) is 0.375. The molecular formula is C8H9N3O2S. The number of thiazole rings is 1. The second-order valence-corrected chi connectivity index (χ2v) is 3.58. The summed E-state index contributed by atoms with van der Waals surface area (Å²) in [4.78, 5) is 24.3. The van der Waals surface area contributed by atoms with Gasteiger partial charge in [-0.25, -0.2) is 0 Å². The Kier molecular flexibility index (Phi) is 3.42. The number of aromatic amines is 1. The summed E-state index contributed by atoms with van der Waals surface area (Å²) in [7, 11) is 0. The molecule has 0 spiro atoms. The molecule has 0 fully saturated rings. The molecule has 5 nitrogen and oxygen atoms in total. The summed E-state index contributed by atoms with van der Waals surface area (Å²) >= 11 is 1.04. The molecule has 1 rings (SSSR count). The molecule has 0 aromatic carbocycles. The lowest BCUT2D eigenvalue weighted by Crippen LogP contribution is -2.28. The van der Waals surface area contributed by atoms with Crippen molar-refractivity contribution in [3.8, 4) is 6.07 Å². The van der Waals surface area contributed by atoms with Gasteiger partial charge in [0.2, 0.25) is 5.91 Å². The summed E-state index contributed by atoms with van der Waals surface area (Å²) in [6, 6.07) is 1.82. The summed E-state index contributed by atoms with van der Waals surface area (Å²) in [6.45, 7) is 1.77. The van der Waals surface area contributed by atoms with Gasteiger partial charge >= 0.3 is 4.87 Å². The summed E-state index contributed by atoms with van der Waals surface area (Å²) in [6.07, 6.45) is 0. The van der Waals surface area contributed by atoms with E-state index in [9.17, 15) is 9.59 Å². The fourth-order valence-electron chi connectivity index (χ4n) is 0.795. The van der Waals surface area contributed by atoms with E-state index in [4.69, 9.17) is 5.26 Å². The van der Waals surface area contributed by atoms with E-state index in [0.29, 0.717) is 5.69 Å². The van der Waals surface area contributed by atoms with Crippen LogP contribution in [0.3, 0.4) is 0 Å². The van der Waals surface area contributed by atoms with E-state index in [-0.39, 0.29) is 17.3 Å². The molecule has 1 aromatic heterocycles. The van der Waals surface area contributed by atoms with E-state index in [1.807, 2.05) is 6.07 Å². The second kappa shape index (κ2) is 4.58. The highest BCUT2D eigenvalue weighted by Gasteiger charge is 2.10. The van der Waals surface area contributed by atoms with E-state index >= 15 is 0 Å². The monoisotopic (exact) mass is 211 g/mol. The van der Waals surface area contributed by atoms with E-state index in [1.165, 1.54) is 6.92 Å². The van der Waals surface area contributed by atoms with E-state index in [1.54, 1.807) is 5.38 Å². The van der Waals surface area contributed by atoms with Crippen molar-refractivity contribution in [1.29, 1.82) is 5.26 Å². The molecule has 0 saturated carbocycles. The van der Waals surface area contributed by atoms with Gasteiger partial charge in [0.1, 0.15) is 5.92 Å². The average Bonchev–Trinajstić information content (AvgIpc) is 2.59. The average molecular weight is 211 g/mol. The van der Waals surface area contributed by atoms with Crippen LogP contribution in [0, 0.1) is 17.2 Å². The van der Waals surface area contributed by atoms with E-state index in [0.717, 1.165) is 11.3 Å². The maximum absolute atomic E-state index is 11.1. The standard InChI is InChI=1S/C8H9N3O2S/c1-5(2-9)7(12)10-3-6-4-14-8(13)11-6/h4-5H,3H2,1H3,(H,10,12)(H,11,13). The predicted octanol–water partition coefficient (Wildman–Crippen LogP) is 0.212. The molecule has 6 heteroatoms. The Labute approximate surface area is 84.4 Å². The fourth-order valence-corrected chi connectivity index (χ4v) is 1.38. The molecule has 1 atom stereocenters. The summed E-state index contributed by atoms with van der Waals surface area (Å²) in [5, 5.41) is 12.6. The van der Waals surface area contributed by atoms with Crippen molar-refractivity contribution in [3.63, 3.8) is 0 Å². The number of carbonyl (C=O) groups excluding carboxylic acids is 1. The quantitative estimate of drug-likeness (QED) is 0.749. The summed E-state index contributed by atoms with van der Waals surface area (Å²) in [5.41, 5.74) is 0.651. The van der Waals surface area contributed by atoms with Crippen molar-refractivity contribution in [1.82, 2.24) is 10.3 Å². The van der Waals surface area contributed by atoms with Crippen molar-refractivity contribution < 1.29 is 4.79 Å². The third kappa shape index (κ3) is 2.71. The highest BCUT2D eigenvalue weighted by molar-refractivity contribution is 7.07. The first-order chi connectivity index (χ1) is 6.63. The molecule has 14 heavy (non-hydrogen) atoms. The van der Waals surface area contributed by atoms with E-state index < -0.39 is 5.92 Å². The van der Waals surface area contributed by atoms with Gasteiger partial charge in [0.25, 0.3) is 0 Å². The highest BCUT2D eigenvalue weighted by atomic mass is 32.1. The van der Waals surface area contributed by atoms with Crippen molar-refractivity contribution in [2.24, 2.45) is 5.92 Å². The van der Waals surface area contributed by atoms with Gasteiger partial charge in [-0.2, -0.15) is 5.26 Å². The van der Waals surface area contributed by atoms with Crippen molar-refractivity contribution >= 4 is 17.2 Å². The normalized spacial score (nSPS) is 11.7. The number of nitrogens with one attached hydrogen (secondary N) is 2. The van der Waals surface area contributed by atoms with Gasteiger partial charge in [-0.3, -0.25) is 9.59 Å². The van der Waals surface area contributed by atoms with Crippen molar-refractivity contribution in [2.45, 2.75) is 13.5 Å². The van der Waals surface area contributed by atoms with Crippen LogP contribution in [-0.4, -0.2) is 10.9 Å². The molecule has 1 unspecified atom stereocenters. The van der Waals surface area contributed by atoms with Gasteiger partial charge in [-0.15, -0.1) is 0 Å². The van der Waals surface area contributed by atoms with Crippen molar-refractivity contribution in [2.75, 3.05) is 0 Å². The molecule has 0 aliphatic rings. The minimum atomic E-state index is -0.666. The van der Waals surface area contributed by atoms with Crippen LogP contribution in [0.1, 0.15) is 12.6 Å². The molecule has 0 radical (unpaired) electrons. The van der Waals surface area contributed by atoms with Gasteiger partial charge in [-0.1, -0.05) is 11.3 Å². The second-order valence-electron chi connectivity index (χ2n) is 2.74. The topological polar surface area (TPSA) is 85.8 Å². The number of nitriles is 1. The van der Waals surface area contributed by atoms with Crippen LogP contribution >= 0.6 is 11.3 Å². The summed E-state index contributed by atoms with van der Waals surface area (Å²) in [5.74, 6) is -1.00. The van der Waals surface area contributed by atoms with Crippen LogP contribution in [0.25, 0.3) is 0 Å². The van der Waals surface area contributed by atoms with Gasteiger partial charge in [0, 0.05) is 11.1 Å². The number of carbonyl (C=O) groups is 1. The van der Waals surface area contributed by atoms with Crippen LogP contribution in [0.15, 0.2) is 10.2 Å². The minimum Gasteiger partial charge on any atom is -0.349 e. The smallest absolute Gasteiger partial charge is 0.304 e. The van der Waals surface area contributed by atoms with Crippen molar-refractivity contribution in [3.05, 3.63) is 20.7 Å². The third-order valence-corrected chi connectivity index (χ3v) is 2.33. The molecular weight excluding hydrogens is 202 g/mol. The Morgan fingerprint density at radius 3 is 3.07 bits per heavy atom. The SMILES string of the molecule is CC(C#N)C(=O)NCc1csc(=O)[nH]1. The Bertz CT molecular complexity index is 415. The molecule has 1 amide bonds. The van der Waals surface area contributed by atoms with Crippen LogP contribution in [0.5, 0.6) is 0 Å². The number of H-pyrrole nitrogens is 1. The molecule has 0 aliphatic carbocycles. The number of amides is 1. The Morgan fingerprint density at radius 1 is 1.86 bits per heavy atom. The number of aromatic nitrogens is 1. The Morgan fingerprint density at radius 2 is 2.57 bits per heavy atom. The molecule has 0 saturated heterocycles. The molecule has 0 bridgehead atoms. The van der Waals surface area contributed by atoms with Crippen LogP contribution in [-0.2, 0) is 11.3 Å². The predicted molar refractivity (Wildman–Crippen MR) is 51.6 cm³/mol. The van der Waals surface area contributed by atoms with Crippen LogP contribution < -0.4 is 10.2 Å². The summed E-state index contributed by atoms with van der Waals surface area (Å²) < 4.78 is 0. The van der Waals surface area contributed by atoms with Gasteiger partial charge in [0.05, 0.1) is 12.6 Å². The van der Waals surface area contributed by atoms with Crippen LogP contribution in [0.4, 0.5) is 0 Å². The zero-order valence-electron chi connectivity index (χ0n) is 7.53. The zero-order valence-corrected chi connectivity index (χ0v) is 8.35. The highest BCUT2D eigenvalue weighted by Crippen LogP contribution is 1.96.